The Bertz CT molecular complexity index is 658. The molecule has 8 nitrogen and oxygen atoms in total. The van der Waals surface area contributed by atoms with Crippen molar-refractivity contribution in [3.05, 3.63) is 39.2 Å². The molecule has 0 aliphatic heterocycles. The monoisotopic (exact) mass is 311 g/mol. The van der Waals surface area contributed by atoms with Gasteiger partial charge in [-0.05, 0) is 20.2 Å². The summed E-state index contributed by atoms with van der Waals surface area (Å²) in [5.74, 6) is 0.478. The lowest BCUT2D eigenvalue weighted by Gasteiger charge is -2.12. The van der Waals surface area contributed by atoms with Gasteiger partial charge in [-0.3, -0.25) is 10.1 Å². The third kappa shape index (κ3) is 3.75. The predicted molar refractivity (Wildman–Crippen MR) is 76.9 cm³/mol. The van der Waals surface area contributed by atoms with E-state index in [9.17, 15) is 10.1 Å². The second kappa shape index (κ2) is 6.17. The zero-order chi connectivity index (χ0) is 15.6. The number of nitrogens with zero attached hydrogens (tertiary/aromatic N) is 4. The number of likely N-dealkylation sites (N-methyl/N-ethyl adjacent to an activating group) is 1. The molecule has 0 fully saturated rings. The zero-order valence-electron chi connectivity index (χ0n) is 11.5. The fourth-order valence-electron chi connectivity index (χ4n) is 1.78. The fraction of sp³-hybridized carbons (Fsp3) is 0.333. The van der Waals surface area contributed by atoms with Crippen molar-refractivity contribution in [2.75, 3.05) is 20.6 Å². The molecule has 0 amide bonds. The highest BCUT2D eigenvalue weighted by molar-refractivity contribution is 6.31. The van der Waals surface area contributed by atoms with Gasteiger partial charge in [-0.2, -0.15) is 4.98 Å². The number of aromatic nitrogens is 2. The Morgan fingerprint density at radius 2 is 2.19 bits per heavy atom. The zero-order valence-corrected chi connectivity index (χ0v) is 12.2. The van der Waals surface area contributed by atoms with Crippen molar-refractivity contribution in [3.8, 4) is 11.5 Å². The van der Waals surface area contributed by atoms with Crippen LogP contribution in [0.5, 0.6) is 0 Å². The molecule has 0 saturated heterocycles. The number of nitro groups is 1. The quantitative estimate of drug-likeness (QED) is 0.662. The highest BCUT2D eigenvalue weighted by Crippen LogP contribution is 2.27. The van der Waals surface area contributed by atoms with E-state index in [4.69, 9.17) is 21.9 Å². The number of nitro benzene ring substituents is 1. The van der Waals surface area contributed by atoms with E-state index >= 15 is 0 Å². The summed E-state index contributed by atoms with van der Waals surface area (Å²) in [4.78, 5) is 16.3. The van der Waals surface area contributed by atoms with Gasteiger partial charge in [0.1, 0.15) is 0 Å². The van der Waals surface area contributed by atoms with Crippen LogP contribution in [0.2, 0.25) is 5.02 Å². The summed E-state index contributed by atoms with van der Waals surface area (Å²) >= 11 is 5.86. The number of rotatable bonds is 5. The summed E-state index contributed by atoms with van der Waals surface area (Å²) in [5, 5.41) is 14.8. The van der Waals surface area contributed by atoms with Gasteiger partial charge < -0.3 is 15.2 Å². The van der Waals surface area contributed by atoms with Crippen LogP contribution in [0.1, 0.15) is 11.9 Å². The molecule has 1 atom stereocenters. The molecule has 1 heterocycles. The minimum atomic E-state index is -0.537. The largest absolute Gasteiger partial charge is 0.334 e. The molecule has 0 aliphatic carbocycles. The summed E-state index contributed by atoms with van der Waals surface area (Å²) < 4.78 is 5.10. The number of halogens is 1. The van der Waals surface area contributed by atoms with Crippen molar-refractivity contribution >= 4 is 17.3 Å². The molecule has 1 unspecified atom stereocenters. The Hall–Kier alpha value is -2.03. The second-order valence-corrected chi connectivity index (χ2v) is 5.22. The number of non-ortho nitro benzene ring substituents is 1. The lowest BCUT2D eigenvalue weighted by molar-refractivity contribution is -0.384. The minimum Gasteiger partial charge on any atom is -0.334 e. The first-order chi connectivity index (χ1) is 9.86. The van der Waals surface area contributed by atoms with Gasteiger partial charge in [-0.15, -0.1) is 0 Å². The van der Waals surface area contributed by atoms with Crippen molar-refractivity contribution in [2.45, 2.75) is 6.04 Å². The van der Waals surface area contributed by atoms with Crippen LogP contribution in [0.3, 0.4) is 0 Å². The molecule has 0 aliphatic rings. The van der Waals surface area contributed by atoms with E-state index in [1.165, 1.54) is 18.2 Å². The van der Waals surface area contributed by atoms with Crippen LogP contribution in [0, 0.1) is 10.1 Å². The molecule has 2 rings (SSSR count). The number of hydrogen-bond acceptors (Lipinski definition) is 7. The third-order valence-electron chi connectivity index (χ3n) is 2.68. The molecular formula is C12H14ClN5O3. The third-order valence-corrected chi connectivity index (χ3v) is 2.89. The maximum atomic E-state index is 10.8. The van der Waals surface area contributed by atoms with Crippen molar-refractivity contribution in [2.24, 2.45) is 5.73 Å². The second-order valence-electron chi connectivity index (χ2n) is 4.78. The van der Waals surface area contributed by atoms with Crippen LogP contribution < -0.4 is 5.73 Å². The van der Waals surface area contributed by atoms with E-state index < -0.39 is 11.0 Å². The lowest BCUT2D eigenvalue weighted by atomic mass is 10.2. The molecule has 9 heteroatoms. The van der Waals surface area contributed by atoms with Gasteiger partial charge in [0, 0.05) is 29.3 Å². The fourth-order valence-corrected chi connectivity index (χ4v) is 2.01. The van der Waals surface area contributed by atoms with Gasteiger partial charge in [0.2, 0.25) is 0 Å². The smallest absolute Gasteiger partial charge is 0.271 e. The van der Waals surface area contributed by atoms with E-state index in [0.29, 0.717) is 17.9 Å². The first-order valence-electron chi connectivity index (χ1n) is 6.06. The SMILES string of the molecule is CN(C)CC(N)c1noc(-c2cc(Cl)cc([N+](=O)[O-])c2)n1. The van der Waals surface area contributed by atoms with E-state index in [2.05, 4.69) is 10.1 Å². The van der Waals surface area contributed by atoms with E-state index in [1.807, 2.05) is 19.0 Å². The Balaban J connectivity index is 2.31. The molecule has 0 saturated carbocycles. The van der Waals surface area contributed by atoms with Crippen LogP contribution >= 0.6 is 11.6 Å². The highest BCUT2D eigenvalue weighted by Gasteiger charge is 2.18. The normalized spacial score (nSPS) is 12.6. The van der Waals surface area contributed by atoms with Crippen LogP contribution in [0.15, 0.2) is 22.7 Å². The minimum absolute atomic E-state index is 0.143. The summed E-state index contributed by atoms with van der Waals surface area (Å²) in [6.45, 7) is 0.550. The first-order valence-corrected chi connectivity index (χ1v) is 6.44. The average molecular weight is 312 g/mol. The van der Waals surface area contributed by atoms with Crippen LogP contribution in [-0.4, -0.2) is 40.6 Å². The predicted octanol–water partition coefficient (Wildman–Crippen LogP) is 1.86. The molecule has 0 spiro atoms. The molecule has 112 valence electrons. The van der Waals surface area contributed by atoms with E-state index in [-0.39, 0.29) is 16.6 Å². The Morgan fingerprint density at radius 1 is 1.48 bits per heavy atom. The van der Waals surface area contributed by atoms with Gasteiger partial charge in [0.05, 0.1) is 11.0 Å². The number of hydrogen-bond donors (Lipinski definition) is 1. The molecular weight excluding hydrogens is 298 g/mol. The van der Waals surface area contributed by atoms with Crippen molar-refractivity contribution in [1.82, 2.24) is 15.0 Å². The van der Waals surface area contributed by atoms with Gasteiger partial charge in [0.15, 0.2) is 5.82 Å². The maximum absolute atomic E-state index is 10.8. The van der Waals surface area contributed by atoms with Crippen LogP contribution in [-0.2, 0) is 0 Å². The molecule has 1 aromatic carbocycles. The van der Waals surface area contributed by atoms with Crippen molar-refractivity contribution in [1.29, 1.82) is 0 Å². The van der Waals surface area contributed by atoms with Crippen LogP contribution in [0.4, 0.5) is 5.69 Å². The van der Waals surface area contributed by atoms with Gasteiger partial charge >= 0.3 is 0 Å². The Kier molecular flexibility index (Phi) is 4.51. The Labute approximate surface area is 125 Å². The first kappa shape index (κ1) is 15.4. The number of nitrogens with two attached hydrogens (primary N) is 1. The maximum Gasteiger partial charge on any atom is 0.271 e. The Morgan fingerprint density at radius 3 is 2.81 bits per heavy atom. The molecule has 0 radical (unpaired) electrons. The summed E-state index contributed by atoms with van der Waals surface area (Å²) in [7, 11) is 3.75. The highest BCUT2D eigenvalue weighted by atomic mass is 35.5. The molecule has 21 heavy (non-hydrogen) atoms. The van der Waals surface area contributed by atoms with E-state index in [1.54, 1.807) is 0 Å². The summed E-state index contributed by atoms with van der Waals surface area (Å²) in [6.07, 6.45) is 0. The standard InChI is InChI=1S/C12H14ClN5O3/c1-17(2)6-10(14)11-15-12(21-16-11)7-3-8(13)5-9(4-7)18(19)20/h3-5,10H,6,14H2,1-2H3. The lowest BCUT2D eigenvalue weighted by Crippen LogP contribution is -2.26. The number of benzene rings is 1. The molecule has 2 N–H and O–H groups in total. The summed E-state index contributed by atoms with van der Waals surface area (Å²) in [6, 6.07) is 3.68. The van der Waals surface area contributed by atoms with Crippen LogP contribution in [0.25, 0.3) is 11.5 Å². The van der Waals surface area contributed by atoms with E-state index in [0.717, 1.165) is 0 Å². The molecule has 2 aromatic rings. The van der Waals surface area contributed by atoms with Gasteiger partial charge in [-0.1, -0.05) is 16.8 Å². The molecule has 1 aromatic heterocycles. The van der Waals surface area contributed by atoms with Gasteiger partial charge in [-0.25, -0.2) is 0 Å². The van der Waals surface area contributed by atoms with Crippen molar-refractivity contribution < 1.29 is 9.45 Å². The van der Waals surface area contributed by atoms with Crippen molar-refractivity contribution in [3.63, 3.8) is 0 Å². The van der Waals surface area contributed by atoms with Gasteiger partial charge in [0.25, 0.3) is 11.6 Å². The topological polar surface area (TPSA) is 111 Å². The molecule has 0 bridgehead atoms. The average Bonchev–Trinajstić information content (AvgIpc) is 2.86. The summed E-state index contributed by atoms with van der Waals surface area (Å²) in [5.41, 5.74) is 6.17.